The first kappa shape index (κ1) is 11.4. The van der Waals surface area contributed by atoms with E-state index in [0.29, 0.717) is 11.2 Å². The van der Waals surface area contributed by atoms with Crippen LogP contribution in [-0.4, -0.2) is 27.4 Å². The summed E-state index contributed by atoms with van der Waals surface area (Å²) in [6.07, 6.45) is 7.15. The van der Waals surface area contributed by atoms with Crippen LogP contribution in [0, 0.1) is 0 Å². The molecule has 0 aliphatic heterocycles. The first-order valence-electron chi connectivity index (χ1n) is 5.75. The van der Waals surface area contributed by atoms with Crippen LogP contribution in [0.5, 0.6) is 0 Å². The Morgan fingerprint density at radius 2 is 2.26 bits per heavy atom. The summed E-state index contributed by atoms with van der Waals surface area (Å²) in [5.41, 5.74) is 2.93. The molecule has 3 rings (SSSR count). The van der Waals surface area contributed by atoms with E-state index >= 15 is 0 Å². The van der Waals surface area contributed by atoms with E-state index in [1.54, 1.807) is 30.7 Å². The molecule has 0 spiro atoms. The number of methoxy groups -OCH3 is 1. The maximum atomic E-state index is 11.5. The van der Waals surface area contributed by atoms with Gasteiger partial charge in [0.1, 0.15) is 5.65 Å². The van der Waals surface area contributed by atoms with Gasteiger partial charge >= 0.3 is 5.97 Å². The number of rotatable bonds is 2. The summed E-state index contributed by atoms with van der Waals surface area (Å²) in [5.74, 6) is -0.367. The monoisotopic (exact) mass is 253 g/mol. The maximum absolute atomic E-state index is 11.5. The number of pyridine rings is 2. The molecule has 0 fully saturated rings. The molecule has 5 nitrogen and oxygen atoms in total. The highest BCUT2D eigenvalue weighted by Crippen LogP contribution is 2.18. The Hall–Kier alpha value is -2.69. The van der Waals surface area contributed by atoms with E-state index in [1.165, 1.54) is 7.11 Å². The van der Waals surface area contributed by atoms with Gasteiger partial charge in [-0.05, 0) is 24.3 Å². The third kappa shape index (κ3) is 2.06. The Bertz CT molecular complexity index is 735. The van der Waals surface area contributed by atoms with Gasteiger partial charge in [-0.25, -0.2) is 9.78 Å². The first-order valence-corrected chi connectivity index (χ1v) is 5.75. The minimum absolute atomic E-state index is 0.367. The Labute approximate surface area is 109 Å². The zero-order valence-electron chi connectivity index (χ0n) is 10.3. The van der Waals surface area contributed by atoms with Crippen molar-refractivity contribution in [1.29, 1.82) is 0 Å². The predicted molar refractivity (Wildman–Crippen MR) is 69.8 cm³/mol. The highest BCUT2D eigenvalue weighted by Gasteiger charge is 2.09. The van der Waals surface area contributed by atoms with E-state index in [4.69, 9.17) is 4.74 Å². The molecule has 0 saturated heterocycles. The van der Waals surface area contributed by atoms with Crippen LogP contribution in [-0.2, 0) is 4.74 Å². The molecule has 3 aromatic rings. The number of aromatic nitrogens is 3. The number of fused-ring (bicyclic) bond motifs is 1. The molecule has 0 saturated carbocycles. The average molecular weight is 253 g/mol. The summed E-state index contributed by atoms with van der Waals surface area (Å²) in [4.78, 5) is 20.0. The zero-order chi connectivity index (χ0) is 13.2. The van der Waals surface area contributed by atoms with Crippen LogP contribution in [0.2, 0.25) is 0 Å². The molecular formula is C14H11N3O2. The molecule has 0 amide bonds. The van der Waals surface area contributed by atoms with Crippen molar-refractivity contribution in [2.75, 3.05) is 7.11 Å². The molecule has 0 aliphatic carbocycles. The van der Waals surface area contributed by atoms with Crippen molar-refractivity contribution in [2.45, 2.75) is 0 Å². The lowest BCUT2D eigenvalue weighted by atomic mass is 10.2. The van der Waals surface area contributed by atoms with Gasteiger partial charge in [0.2, 0.25) is 0 Å². The molecule has 0 N–H and O–H groups in total. The number of carbonyl (C=O) groups is 1. The van der Waals surface area contributed by atoms with Crippen molar-refractivity contribution in [3.8, 4) is 11.3 Å². The lowest BCUT2D eigenvalue weighted by molar-refractivity contribution is 0.0600. The van der Waals surface area contributed by atoms with Crippen molar-refractivity contribution >= 4 is 11.6 Å². The number of carbonyl (C=O) groups excluding carboxylic acids is 1. The van der Waals surface area contributed by atoms with Gasteiger partial charge in [0, 0.05) is 30.4 Å². The van der Waals surface area contributed by atoms with E-state index < -0.39 is 0 Å². The average Bonchev–Trinajstić information content (AvgIpc) is 2.90. The second kappa shape index (κ2) is 4.53. The van der Waals surface area contributed by atoms with Crippen molar-refractivity contribution in [1.82, 2.24) is 14.4 Å². The third-order valence-electron chi connectivity index (χ3n) is 2.84. The van der Waals surface area contributed by atoms with Crippen LogP contribution < -0.4 is 0 Å². The summed E-state index contributed by atoms with van der Waals surface area (Å²) in [6.45, 7) is 0. The third-order valence-corrected chi connectivity index (χ3v) is 2.84. The lowest BCUT2D eigenvalue weighted by Crippen LogP contribution is -2.01. The molecule has 94 valence electrons. The fourth-order valence-corrected chi connectivity index (χ4v) is 1.88. The Morgan fingerprint density at radius 1 is 1.37 bits per heavy atom. The van der Waals surface area contributed by atoms with Gasteiger partial charge < -0.3 is 9.14 Å². The number of hydrogen-bond donors (Lipinski definition) is 0. The topological polar surface area (TPSA) is 56.5 Å². The largest absolute Gasteiger partial charge is 0.465 e. The number of imidazole rings is 1. The van der Waals surface area contributed by atoms with Crippen LogP contribution in [0.3, 0.4) is 0 Å². The molecule has 19 heavy (non-hydrogen) atoms. The molecule has 0 unspecified atom stereocenters. The SMILES string of the molecule is COC(=O)c1ccn2cc(-c3cccnc3)nc2c1. The molecule has 5 heteroatoms. The zero-order valence-corrected chi connectivity index (χ0v) is 10.3. The number of esters is 1. The summed E-state index contributed by atoms with van der Waals surface area (Å²) >= 11 is 0. The summed E-state index contributed by atoms with van der Waals surface area (Å²) < 4.78 is 6.55. The highest BCUT2D eigenvalue weighted by molar-refractivity contribution is 5.90. The molecule has 0 radical (unpaired) electrons. The first-order chi connectivity index (χ1) is 9.28. The minimum Gasteiger partial charge on any atom is -0.465 e. The maximum Gasteiger partial charge on any atom is 0.338 e. The molecule has 0 atom stereocenters. The van der Waals surface area contributed by atoms with Crippen LogP contribution in [0.15, 0.2) is 49.1 Å². The minimum atomic E-state index is -0.367. The van der Waals surface area contributed by atoms with Crippen LogP contribution >= 0.6 is 0 Å². The van der Waals surface area contributed by atoms with Gasteiger partial charge in [0.25, 0.3) is 0 Å². The number of nitrogens with zero attached hydrogens (tertiary/aromatic N) is 3. The number of ether oxygens (including phenoxy) is 1. The molecule has 0 bridgehead atoms. The molecule has 3 aromatic heterocycles. The van der Waals surface area contributed by atoms with E-state index in [9.17, 15) is 4.79 Å². The smallest absolute Gasteiger partial charge is 0.338 e. The molecular weight excluding hydrogens is 242 g/mol. The van der Waals surface area contributed by atoms with Gasteiger partial charge in [-0.3, -0.25) is 4.98 Å². The Morgan fingerprint density at radius 3 is 3.00 bits per heavy atom. The molecule has 0 aliphatic rings. The normalized spacial score (nSPS) is 10.6. The van der Waals surface area contributed by atoms with Gasteiger partial charge in [0.15, 0.2) is 0 Å². The second-order valence-corrected chi connectivity index (χ2v) is 4.04. The number of hydrogen-bond acceptors (Lipinski definition) is 4. The van der Waals surface area contributed by atoms with E-state index in [2.05, 4.69) is 9.97 Å². The predicted octanol–water partition coefficient (Wildman–Crippen LogP) is 2.18. The quantitative estimate of drug-likeness (QED) is 0.657. The Balaban J connectivity index is 2.09. The fraction of sp³-hybridized carbons (Fsp3) is 0.0714. The van der Waals surface area contributed by atoms with Crippen molar-refractivity contribution in [2.24, 2.45) is 0 Å². The second-order valence-electron chi connectivity index (χ2n) is 4.04. The van der Waals surface area contributed by atoms with E-state index in [1.807, 2.05) is 22.7 Å². The Kier molecular flexibility index (Phi) is 2.72. The van der Waals surface area contributed by atoms with Crippen LogP contribution in [0.25, 0.3) is 16.9 Å². The van der Waals surface area contributed by atoms with Gasteiger partial charge in [-0.1, -0.05) is 0 Å². The molecule has 0 aromatic carbocycles. The van der Waals surface area contributed by atoms with Gasteiger partial charge in [-0.2, -0.15) is 0 Å². The lowest BCUT2D eigenvalue weighted by Gasteiger charge is -1.98. The van der Waals surface area contributed by atoms with Crippen LogP contribution in [0.4, 0.5) is 0 Å². The highest BCUT2D eigenvalue weighted by atomic mass is 16.5. The van der Waals surface area contributed by atoms with E-state index in [-0.39, 0.29) is 5.97 Å². The summed E-state index contributed by atoms with van der Waals surface area (Å²) in [6, 6.07) is 7.20. The summed E-state index contributed by atoms with van der Waals surface area (Å²) in [5, 5.41) is 0. The van der Waals surface area contributed by atoms with Gasteiger partial charge in [0.05, 0.1) is 18.4 Å². The summed E-state index contributed by atoms with van der Waals surface area (Å²) in [7, 11) is 1.36. The van der Waals surface area contributed by atoms with Crippen molar-refractivity contribution < 1.29 is 9.53 Å². The van der Waals surface area contributed by atoms with Gasteiger partial charge in [-0.15, -0.1) is 0 Å². The standard InChI is InChI=1S/C14H11N3O2/c1-19-14(18)10-4-6-17-9-12(16-13(17)7-10)11-3-2-5-15-8-11/h2-9H,1H3. The molecule has 3 heterocycles. The van der Waals surface area contributed by atoms with Crippen LogP contribution in [0.1, 0.15) is 10.4 Å². The van der Waals surface area contributed by atoms with E-state index in [0.717, 1.165) is 11.3 Å². The van der Waals surface area contributed by atoms with Crippen molar-refractivity contribution in [3.63, 3.8) is 0 Å². The fourth-order valence-electron chi connectivity index (χ4n) is 1.88. The van der Waals surface area contributed by atoms with Crippen molar-refractivity contribution in [3.05, 3.63) is 54.6 Å².